The summed E-state index contributed by atoms with van der Waals surface area (Å²) in [6, 6.07) is 10.8. The molecule has 7 nitrogen and oxygen atoms in total. The zero-order valence-corrected chi connectivity index (χ0v) is 18.0. The number of hydrogen-bond acceptors (Lipinski definition) is 4. The molecule has 1 fully saturated rings. The monoisotopic (exact) mass is 447 g/mol. The first-order chi connectivity index (χ1) is 14.3. The molecular weight excluding hydrogens is 426 g/mol. The van der Waals surface area contributed by atoms with Crippen molar-refractivity contribution in [3.05, 3.63) is 53.1 Å². The van der Waals surface area contributed by atoms with Crippen molar-refractivity contribution in [1.29, 1.82) is 0 Å². The number of amides is 2. The highest BCUT2D eigenvalue weighted by molar-refractivity contribution is 7.89. The molecule has 4 rings (SSSR count). The lowest BCUT2D eigenvalue weighted by atomic mass is 10.1. The summed E-state index contributed by atoms with van der Waals surface area (Å²) in [7, 11) is -3.58. The quantitative estimate of drug-likeness (QED) is 0.780. The number of carbonyl (C=O) groups excluding carboxylic acids is 2. The zero-order valence-electron chi connectivity index (χ0n) is 16.5. The molecule has 0 saturated carbocycles. The number of anilines is 2. The van der Waals surface area contributed by atoms with Crippen molar-refractivity contribution < 1.29 is 18.0 Å². The number of hydrogen-bond donors (Lipinski definition) is 1. The molecule has 2 amide bonds. The second-order valence-electron chi connectivity index (χ2n) is 7.48. The minimum absolute atomic E-state index is 0.193. The van der Waals surface area contributed by atoms with Gasteiger partial charge >= 0.3 is 0 Å². The van der Waals surface area contributed by atoms with Crippen LogP contribution in [0, 0.1) is 0 Å². The van der Waals surface area contributed by atoms with E-state index in [4.69, 9.17) is 11.6 Å². The van der Waals surface area contributed by atoms with E-state index in [2.05, 4.69) is 5.32 Å². The Kier molecular flexibility index (Phi) is 5.57. The molecule has 2 aromatic carbocycles. The third-order valence-electron chi connectivity index (χ3n) is 5.51. The van der Waals surface area contributed by atoms with Crippen molar-refractivity contribution >= 4 is 44.8 Å². The van der Waals surface area contributed by atoms with Crippen molar-refractivity contribution in [2.75, 3.05) is 23.3 Å². The fraction of sp³-hybridized carbons (Fsp3) is 0.333. The van der Waals surface area contributed by atoms with Gasteiger partial charge in [-0.15, -0.1) is 0 Å². The van der Waals surface area contributed by atoms with Crippen molar-refractivity contribution in [3.63, 3.8) is 0 Å². The van der Waals surface area contributed by atoms with E-state index < -0.39 is 16.1 Å². The van der Waals surface area contributed by atoms with Gasteiger partial charge in [0, 0.05) is 32.1 Å². The van der Waals surface area contributed by atoms with Crippen LogP contribution < -0.4 is 10.2 Å². The molecule has 0 spiro atoms. The molecule has 0 radical (unpaired) electrons. The summed E-state index contributed by atoms with van der Waals surface area (Å²) < 4.78 is 27.3. The summed E-state index contributed by atoms with van der Waals surface area (Å²) in [5.74, 6) is -0.665. The summed E-state index contributed by atoms with van der Waals surface area (Å²) in [4.78, 5) is 26.9. The van der Waals surface area contributed by atoms with Crippen LogP contribution in [0.1, 0.15) is 25.3 Å². The Balaban J connectivity index is 1.63. The van der Waals surface area contributed by atoms with Gasteiger partial charge in [0.25, 0.3) is 0 Å². The Morgan fingerprint density at radius 1 is 1.10 bits per heavy atom. The number of sulfonamides is 1. The van der Waals surface area contributed by atoms with E-state index in [1.54, 1.807) is 36.4 Å². The highest BCUT2D eigenvalue weighted by atomic mass is 35.5. The lowest BCUT2D eigenvalue weighted by Crippen LogP contribution is -2.44. The molecule has 2 aliphatic rings. The molecule has 158 valence electrons. The molecule has 9 heteroatoms. The van der Waals surface area contributed by atoms with Crippen LogP contribution in [0.5, 0.6) is 0 Å². The molecule has 0 bridgehead atoms. The molecule has 2 heterocycles. The lowest BCUT2D eigenvalue weighted by Gasteiger charge is -2.23. The third-order valence-corrected chi connectivity index (χ3v) is 7.74. The van der Waals surface area contributed by atoms with E-state index in [0.717, 1.165) is 12.8 Å². The van der Waals surface area contributed by atoms with E-state index >= 15 is 0 Å². The Hall–Kier alpha value is -2.42. The predicted molar refractivity (Wildman–Crippen MR) is 115 cm³/mol. The molecule has 1 unspecified atom stereocenters. The summed E-state index contributed by atoms with van der Waals surface area (Å²) in [6.07, 6.45) is 1.94. The molecule has 0 aliphatic carbocycles. The van der Waals surface area contributed by atoms with Gasteiger partial charge in [-0.3, -0.25) is 14.5 Å². The number of fused-ring (bicyclic) bond motifs is 1. The molecule has 0 aromatic heterocycles. The Bertz CT molecular complexity index is 1110. The van der Waals surface area contributed by atoms with E-state index in [-0.39, 0.29) is 23.1 Å². The number of benzene rings is 2. The SMILES string of the molecule is CC(=O)N1c2ccc(S(=O)(=O)N3CCCC3)cc2CC1C(=O)Nc1ccccc1Cl. The molecule has 1 saturated heterocycles. The highest BCUT2D eigenvalue weighted by Gasteiger charge is 2.38. The van der Waals surface area contributed by atoms with E-state index in [0.29, 0.717) is 35.1 Å². The Morgan fingerprint density at radius 3 is 2.47 bits per heavy atom. The van der Waals surface area contributed by atoms with Crippen LogP contribution in [0.2, 0.25) is 5.02 Å². The van der Waals surface area contributed by atoms with Crippen LogP contribution in [-0.4, -0.2) is 43.7 Å². The minimum atomic E-state index is -3.58. The molecule has 2 aromatic rings. The predicted octanol–water partition coefficient (Wildman–Crippen LogP) is 3.04. The summed E-state index contributed by atoms with van der Waals surface area (Å²) in [5, 5.41) is 3.17. The van der Waals surface area contributed by atoms with Gasteiger partial charge < -0.3 is 5.32 Å². The van der Waals surface area contributed by atoms with E-state index in [1.807, 2.05) is 0 Å². The standard InChI is InChI=1S/C21H22ClN3O4S/c1-14(26)25-19-9-8-16(30(28,29)24-10-4-5-11-24)12-15(19)13-20(25)21(27)23-18-7-3-2-6-17(18)22/h2-3,6-9,12,20H,4-5,10-11,13H2,1H3,(H,23,27). The fourth-order valence-corrected chi connectivity index (χ4v) is 5.79. The van der Waals surface area contributed by atoms with Gasteiger partial charge in [0.15, 0.2) is 0 Å². The van der Waals surface area contributed by atoms with Crippen molar-refractivity contribution in [3.8, 4) is 0 Å². The number of rotatable bonds is 4. The van der Waals surface area contributed by atoms with Crippen LogP contribution in [-0.2, 0) is 26.0 Å². The summed E-state index contributed by atoms with van der Waals surface area (Å²) >= 11 is 6.13. The van der Waals surface area contributed by atoms with Gasteiger partial charge in [0.1, 0.15) is 6.04 Å². The molecule has 1 N–H and O–H groups in total. The topological polar surface area (TPSA) is 86.8 Å². The van der Waals surface area contributed by atoms with Gasteiger partial charge in [-0.1, -0.05) is 23.7 Å². The van der Waals surface area contributed by atoms with Crippen LogP contribution >= 0.6 is 11.6 Å². The first kappa shape index (κ1) is 20.8. The molecular formula is C21H22ClN3O4S. The maximum absolute atomic E-state index is 13.0. The molecule has 2 aliphatic heterocycles. The molecule has 1 atom stereocenters. The smallest absolute Gasteiger partial charge is 0.247 e. The van der Waals surface area contributed by atoms with Crippen LogP contribution in [0.25, 0.3) is 0 Å². The zero-order chi connectivity index (χ0) is 21.5. The van der Waals surface area contributed by atoms with Crippen molar-refractivity contribution in [2.45, 2.75) is 37.1 Å². The fourth-order valence-electron chi connectivity index (χ4n) is 4.04. The third kappa shape index (κ3) is 3.71. The first-order valence-electron chi connectivity index (χ1n) is 9.77. The molecule has 30 heavy (non-hydrogen) atoms. The lowest BCUT2D eigenvalue weighted by molar-refractivity contribution is -0.122. The average Bonchev–Trinajstić information content (AvgIpc) is 3.37. The Morgan fingerprint density at radius 2 is 1.80 bits per heavy atom. The first-order valence-corrected chi connectivity index (χ1v) is 11.6. The van der Waals surface area contributed by atoms with Crippen LogP contribution in [0.3, 0.4) is 0 Å². The largest absolute Gasteiger partial charge is 0.323 e. The van der Waals surface area contributed by atoms with Gasteiger partial charge in [-0.05, 0) is 48.7 Å². The maximum atomic E-state index is 13.0. The van der Waals surface area contributed by atoms with E-state index in [9.17, 15) is 18.0 Å². The van der Waals surface area contributed by atoms with Gasteiger partial charge in [-0.25, -0.2) is 8.42 Å². The Labute approximate surface area is 180 Å². The van der Waals surface area contributed by atoms with Gasteiger partial charge in [0.2, 0.25) is 21.8 Å². The van der Waals surface area contributed by atoms with Crippen LogP contribution in [0.15, 0.2) is 47.4 Å². The number of nitrogens with one attached hydrogen (secondary N) is 1. The second kappa shape index (κ2) is 8.02. The average molecular weight is 448 g/mol. The van der Waals surface area contributed by atoms with Gasteiger partial charge in [-0.2, -0.15) is 4.31 Å². The minimum Gasteiger partial charge on any atom is -0.323 e. The van der Waals surface area contributed by atoms with E-state index in [1.165, 1.54) is 22.2 Å². The number of halogens is 1. The number of nitrogens with zero attached hydrogens (tertiary/aromatic N) is 2. The van der Waals surface area contributed by atoms with Crippen molar-refractivity contribution in [2.24, 2.45) is 0 Å². The maximum Gasteiger partial charge on any atom is 0.247 e. The van der Waals surface area contributed by atoms with Crippen LogP contribution in [0.4, 0.5) is 11.4 Å². The highest BCUT2D eigenvalue weighted by Crippen LogP contribution is 2.36. The summed E-state index contributed by atoms with van der Waals surface area (Å²) in [5.41, 5.74) is 1.67. The normalized spacial score (nSPS) is 19.0. The number of para-hydroxylation sites is 1. The number of carbonyl (C=O) groups is 2. The summed E-state index contributed by atoms with van der Waals surface area (Å²) in [6.45, 7) is 2.42. The second-order valence-corrected chi connectivity index (χ2v) is 9.82. The van der Waals surface area contributed by atoms with Gasteiger partial charge in [0.05, 0.1) is 15.6 Å². The van der Waals surface area contributed by atoms with Crippen molar-refractivity contribution in [1.82, 2.24) is 4.31 Å².